The van der Waals surface area contributed by atoms with Crippen LogP contribution in [0.2, 0.25) is 0 Å². The Balaban J connectivity index is 1.70. The number of hydrogen-bond donors (Lipinski definition) is 1. The summed E-state index contributed by atoms with van der Waals surface area (Å²) in [6, 6.07) is 21.0. The molecule has 2 N–H and O–H groups in total. The summed E-state index contributed by atoms with van der Waals surface area (Å²) in [5.41, 5.74) is 4.76. The first-order valence-corrected chi connectivity index (χ1v) is 12.7. The molecule has 0 saturated carbocycles. The van der Waals surface area contributed by atoms with Crippen LogP contribution in [0.3, 0.4) is 0 Å². The Kier molecular flexibility index (Phi) is 6.24. The molecule has 0 bridgehead atoms. The van der Waals surface area contributed by atoms with Crippen molar-refractivity contribution in [2.45, 2.75) is 21.9 Å². The molecule has 0 aliphatic heterocycles. The first-order valence-electron chi connectivity index (χ1n) is 9.38. The van der Waals surface area contributed by atoms with Gasteiger partial charge in [0.25, 0.3) is 0 Å². The van der Waals surface area contributed by atoms with Crippen molar-refractivity contribution in [1.29, 1.82) is 0 Å². The topological polar surface area (TPSA) is 73.0 Å². The largest absolute Gasteiger partial charge is 0.238 e. The Labute approximate surface area is 189 Å². The molecular formula is C23H19FN2O2S3. The maximum absolute atomic E-state index is 13.4. The van der Waals surface area contributed by atoms with Gasteiger partial charge in [-0.1, -0.05) is 65.9 Å². The summed E-state index contributed by atoms with van der Waals surface area (Å²) in [6.07, 6.45) is 0. The van der Waals surface area contributed by atoms with Crippen LogP contribution in [0, 0.1) is 12.7 Å². The molecule has 4 aromatic rings. The molecule has 0 atom stereocenters. The average Bonchev–Trinajstić information content (AvgIpc) is 3.18. The fourth-order valence-electron chi connectivity index (χ4n) is 2.99. The fourth-order valence-corrected chi connectivity index (χ4v) is 5.63. The summed E-state index contributed by atoms with van der Waals surface area (Å²) in [7, 11) is -3.77. The highest BCUT2D eigenvalue weighted by molar-refractivity contribution is 8.00. The van der Waals surface area contributed by atoms with Gasteiger partial charge < -0.3 is 0 Å². The van der Waals surface area contributed by atoms with Gasteiger partial charge in [0.15, 0.2) is 4.34 Å². The number of hydrogen-bond acceptors (Lipinski definition) is 5. The van der Waals surface area contributed by atoms with Gasteiger partial charge in [0.05, 0.1) is 15.5 Å². The Morgan fingerprint density at radius 1 is 0.935 bits per heavy atom. The fraction of sp³-hybridized carbons (Fsp3) is 0.0870. The first-order chi connectivity index (χ1) is 14.8. The summed E-state index contributed by atoms with van der Waals surface area (Å²) < 4.78 is 37.5. The summed E-state index contributed by atoms with van der Waals surface area (Å²) >= 11 is 3.16. The summed E-state index contributed by atoms with van der Waals surface area (Å²) in [5.74, 6) is 0.474. The Bertz CT molecular complexity index is 1300. The molecule has 8 heteroatoms. The van der Waals surface area contributed by atoms with Crippen LogP contribution in [0.4, 0.5) is 4.39 Å². The zero-order chi connectivity index (χ0) is 22.0. The van der Waals surface area contributed by atoms with E-state index in [1.54, 1.807) is 36.0 Å². The number of nitrogens with two attached hydrogens (primary N) is 1. The van der Waals surface area contributed by atoms with E-state index in [1.165, 1.54) is 46.7 Å². The minimum Gasteiger partial charge on any atom is -0.229 e. The van der Waals surface area contributed by atoms with Crippen molar-refractivity contribution >= 4 is 33.1 Å². The highest BCUT2D eigenvalue weighted by Crippen LogP contribution is 2.41. The Morgan fingerprint density at radius 3 is 2.16 bits per heavy atom. The van der Waals surface area contributed by atoms with E-state index in [0.29, 0.717) is 0 Å². The standard InChI is InChI=1S/C23H19FN2O2S3/c1-15-2-4-16(5-3-15)14-29-23-26-21(17-8-12-20(13-9-17)31(25,27)28)22(30-23)18-6-10-19(24)11-7-18/h2-13H,14H2,1H3,(H2,25,27,28). The highest BCUT2D eigenvalue weighted by Gasteiger charge is 2.17. The van der Waals surface area contributed by atoms with Crippen LogP contribution in [0.1, 0.15) is 11.1 Å². The van der Waals surface area contributed by atoms with Gasteiger partial charge in [-0.15, -0.1) is 11.3 Å². The molecule has 0 saturated heterocycles. The number of thiazole rings is 1. The first kappa shape index (κ1) is 21.7. The van der Waals surface area contributed by atoms with Gasteiger partial charge in [-0.25, -0.2) is 22.9 Å². The predicted molar refractivity (Wildman–Crippen MR) is 125 cm³/mol. The van der Waals surface area contributed by atoms with Crippen LogP contribution >= 0.6 is 23.1 Å². The van der Waals surface area contributed by atoms with Crippen molar-refractivity contribution in [1.82, 2.24) is 4.98 Å². The molecular weight excluding hydrogens is 451 g/mol. The number of benzene rings is 3. The molecule has 0 amide bonds. The minimum absolute atomic E-state index is 0.0452. The molecule has 0 aliphatic carbocycles. The minimum atomic E-state index is -3.77. The second kappa shape index (κ2) is 8.92. The summed E-state index contributed by atoms with van der Waals surface area (Å²) in [6.45, 7) is 2.06. The molecule has 4 rings (SSSR count). The van der Waals surface area contributed by atoms with Crippen LogP contribution in [-0.2, 0) is 15.8 Å². The van der Waals surface area contributed by atoms with E-state index in [4.69, 9.17) is 10.1 Å². The molecule has 0 radical (unpaired) electrons. The predicted octanol–water partition coefficient (Wildman–Crippen LogP) is 5.86. The smallest absolute Gasteiger partial charge is 0.229 e. The number of halogens is 1. The zero-order valence-electron chi connectivity index (χ0n) is 16.6. The van der Waals surface area contributed by atoms with E-state index in [2.05, 4.69) is 31.2 Å². The van der Waals surface area contributed by atoms with Gasteiger partial charge in [-0.3, -0.25) is 0 Å². The van der Waals surface area contributed by atoms with Gasteiger partial charge in [-0.2, -0.15) is 0 Å². The third-order valence-electron chi connectivity index (χ3n) is 4.65. The lowest BCUT2D eigenvalue weighted by Gasteiger charge is -2.04. The maximum atomic E-state index is 13.4. The van der Waals surface area contributed by atoms with Gasteiger partial charge in [0, 0.05) is 11.3 Å². The van der Waals surface area contributed by atoms with E-state index in [0.717, 1.165) is 31.8 Å². The molecule has 0 unspecified atom stereocenters. The molecule has 1 aromatic heterocycles. The third-order valence-corrected chi connectivity index (χ3v) is 7.90. The second-order valence-corrected chi connectivity index (χ2v) is 10.8. The summed E-state index contributed by atoms with van der Waals surface area (Å²) in [4.78, 5) is 5.75. The SMILES string of the molecule is Cc1ccc(CSc2nc(-c3ccc(S(N)(=O)=O)cc3)c(-c3ccc(F)cc3)s2)cc1. The number of nitrogens with zero attached hydrogens (tertiary/aromatic N) is 1. The van der Waals surface area contributed by atoms with Crippen LogP contribution < -0.4 is 5.14 Å². The van der Waals surface area contributed by atoms with Gasteiger partial charge in [0.2, 0.25) is 10.0 Å². The number of thioether (sulfide) groups is 1. The number of sulfonamides is 1. The monoisotopic (exact) mass is 470 g/mol. The third kappa shape index (κ3) is 5.22. The lowest BCUT2D eigenvalue weighted by Crippen LogP contribution is -2.11. The van der Waals surface area contributed by atoms with Crippen molar-refractivity contribution in [3.05, 3.63) is 89.7 Å². The van der Waals surface area contributed by atoms with Crippen molar-refractivity contribution in [3.8, 4) is 21.7 Å². The molecule has 0 aliphatic rings. The molecule has 3 aromatic carbocycles. The van der Waals surface area contributed by atoms with Crippen molar-refractivity contribution < 1.29 is 12.8 Å². The van der Waals surface area contributed by atoms with E-state index in [1.807, 2.05) is 0 Å². The molecule has 4 nitrogen and oxygen atoms in total. The normalized spacial score (nSPS) is 11.6. The molecule has 0 spiro atoms. The van der Waals surface area contributed by atoms with Gasteiger partial charge in [0.1, 0.15) is 5.82 Å². The van der Waals surface area contributed by atoms with Crippen LogP contribution in [0.5, 0.6) is 0 Å². The lowest BCUT2D eigenvalue weighted by atomic mass is 10.1. The van der Waals surface area contributed by atoms with E-state index < -0.39 is 10.0 Å². The average molecular weight is 471 g/mol. The van der Waals surface area contributed by atoms with E-state index in [9.17, 15) is 12.8 Å². The van der Waals surface area contributed by atoms with Gasteiger partial charge >= 0.3 is 0 Å². The molecule has 158 valence electrons. The van der Waals surface area contributed by atoms with E-state index in [-0.39, 0.29) is 10.7 Å². The van der Waals surface area contributed by atoms with Crippen LogP contribution in [0.15, 0.2) is 82.0 Å². The van der Waals surface area contributed by atoms with Crippen molar-refractivity contribution in [3.63, 3.8) is 0 Å². The second-order valence-electron chi connectivity index (χ2n) is 7.01. The quantitative estimate of drug-likeness (QED) is 0.358. The Morgan fingerprint density at radius 2 is 1.55 bits per heavy atom. The van der Waals surface area contributed by atoms with Crippen molar-refractivity contribution in [2.75, 3.05) is 0 Å². The number of aryl methyl sites for hydroxylation is 1. The Hall–Kier alpha value is -2.52. The molecule has 31 heavy (non-hydrogen) atoms. The van der Waals surface area contributed by atoms with Crippen molar-refractivity contribution in [2.24, 2.45) is 5.14 Å². The van der Waals surface area contributed by atoms with Gasteiger partial charge in [-0.05, 0) is 42.3 Å². The maximum Gasteiger partial charge on any atom is 0.238 e. The van der Waals surface area contributed by atoms with Crippen LogP contribution in [-0.4, -0.2) is 13.4 Å². The number of rotatable bonds is 6. The highest BCUT2D eigenvalue weighted by atomic mass is 32.2. The number of aromatic nitrogens is 1. The number of primary sulfonamides is 1. The van der Waals surface area contributed by atoms with Crippen LogP contribution in [0.25, 0.3) is 21.7 Å². The molecule has 1 heterocycles. The molecule has 0 fully saturated rings. The van der Waals surface area contributed by atoms with E-state index >= 15 is 0 Å². The summed E-state index contributed by atoms with van der Waals surface area (Å²) in [5, 5.41) is 5.21. The zero-order valence-corrected chi connectivity index (χ0v) is 19.0. The lowest BCUT2D eigenvalue weighted by molar-refractivity contribution is 0.598.